The molecule has 1 N–H and O–H groups in total. The Kier molecular flexibility index (Phi) is 8.60. The van der Waals surface area contributed by atoms with Gasteiger partial charge in [0.25, 0.3) is 5.91 Å². The zero-order chi connectivity index (χ0) is 22.2. The van der Waals surface area contributed by atoms with Crippen LogP contribution in [0, 0.1) is 0 Å². The summed E-state index contributed by atoms with van der Waals surface area (Å²) in [5.74, 6) is 1.62. The minimum Gasteiger partial charge on any atom is -0.452 e. The van der Waals surface area contributed by atoms with E-state index in [2.05, 4.69) is 17.4 Å². The minimum absolute atomic E-state index is 0.0579. The smallest absolute Gasteiger partial charge is 0.286 e. The fraction of sp³-hybridized carbons (Fsp3) is 0.654. The molecule has 1 aromatic carbocycles. The Balaban J connectivity index is 1.12. The summed E-state index contributed by atoms with van der Waals surface area (Å²) in [6.07, 6.45) is 11.5. The van der Waals surface area contributed by atoms with Crippen molar-refractivity contribution in [2.75, 3.05) is 19.8 Å². The number of carbonyl (C=O) groups is 1. The maximum absolute atomic E-state index is 12.7. The first-order valence-corrected chi connectivity index (χ1v) is 12.3. The van der Waals surface area contributed by atoms with Crippen LogP contribution in [0.2, 0.25) is 0 Å². The topological polar surface area (TPSA) is 66.0 Å². The molecule has 0 aromatic heterocycles. The van der Waals surface area contributed by atoms with Gasteiger partial charge in [-0.05, 0) is 94.4 Å². The lowest BCUT2D eigenvalue weighted by molar-refractivity contribution is -0.172. The van der Waals surface area contributed by atoms with E-state index in [9.17, 15) is 4.79 Å². The van der Waals surface area contributed by atoms with Gasteiger partial charge < -0.3 is 24.3 Å². The van der Waals surface area contributed by atoms with Gasteiger partial charge in [-0.3, -0.25) is 4.79 Å². The molecule has 3 aliphatic rings. The molecule has 1 aliphatic heterocycles. The van der Waals surface area contributed by atoms with E-state index in [0.717, 1.165) is 45.1 Å². The van der Waals surface area contributed by atoms with E-state index in [4.69, 9.17) is 18.9 Å². The van der Waals surface area contributed by atoms with Gasteiger partial charge in [0.15, 0.2) is 12.0 Å². The van der Waals surface area contributed by atoms with E-state index in [1.54, 1.807) is 6.08 Å². The Labute approximate surface area is 191 Å². The average Bonchev–Trinajstić information content (AvgIpc) is 3.68. The SMILES string of the molecule is C/C=C(/Oc1ccc(C2CC2)cc1)C(=O)NC1CCC(OCCOC2CCCCO2)CC1. The zero-order valence-electron chi connectivity index (χ0n) is 19.2. The van der Waals surface area contributed by atoms with Crippen LogP contribution < -0.4 is 10.1 Å². The number of rotatable bonds is 10. The van der Waals surface area contributed by atoms with E-state index in [1.807, 2.05) is 19.1 Å². The number of amides is 1. The molecule has 0 spiro atoms. The van der Waals surface area contributed by atoms with Crippen LogP contribution in [0.5, 0.6) is 5.75 Å². The van der Waals surface area contributed by atoms with Gasteiger partial charge in [-0.2, -0.15) is 0 Å². The van der Waals surface area contributed by atoms with Gasteiger partial charge in [0.1, 0.15) is 5.75 Å². The molecule has 6 heteroatoms. The van der Waals surface area contributed by atoms with Crippen LogP contribution in [-0.2, 0) is 19.0 Å². The van der Waals surface area contributed by atoms with Gasteiger partial charge in [0, 0.05) is 12.6 Å². The average molecular weight is 444 g/mol. The van der Waals surface area contributed by atoms with E-state index < -0.39 is 0 Å². The Morgan fingerprint density at radius 3 is 2.41 bits per heavy atom. The highest BCUT2D eigenvalue weighted by Gasteiger charge is 2.25. The molecule has 1 heterocycles. The molecule has 0 bridgehead atoms. The van der Waals surface area contributed by atoms with Gasteiger partial charge in [-0.25, -0.2) is 0 Å². The lowest BCUT2D eigenvalue weighted by Crippen LogP contribution is -2.40. The molecular formula is C26H37NO5. The second-order valence-electron chi connectivity index (χ2n) is 9.08. The molecule has 6 nitrogen and oxygen atoms in total. The van der Waals surface area contributed by atoms with Gasteiger partial charge in [0.2, 0.25) is 0 Å². The molecule has 1 aromatic rings. The van der Waals surface area contributed by atoms with Crippen molar-refractivity contribution in [1.82, 2.24) is 5.32 Å². The number of hydrogen-bond donors (Lipinski definition) is 1. The van der Waals surface area contributed by atoms with Gasteiger partial charge in [-0.15, -0.1) is 0 Å². The number of hydrogen-bond acceptors (Lipinski definition) is 5. The molecule has 32 heavy (non-hydrogen) atoms. The lowest BCUT2D eigenvalue weighted by atomic mass is 9.93. The molecule has 1 atom stereocenters. The molecule has 2 saturated carbocycles. The lowest BCUT2D eigenvalue weighted by Gasteiger charge is -2.29. The van der Waals surface area contributed by atoms with Crippen LogP contribution in [0.4, 0.5) is 0 Å². The maximum atomic E-state index is 12.7. The highest BCUT2D eigenvalue weighted by Crippen LogP contribution is 2.40. The summed E-state index contributed by atoms with van der Waals surface area (Å²) in [6.45, 7) is 3.80. The predicted octanol–water partition coefficient (Wildman–Crippen LogP) is 4.83. The molecule has 2 aliphatic carbocycles. The summed E-state index contributed by atoms with van der Waals surface area (Å²) in [5.41, 5.74) is 1.36. The second kappa shape index (κ2) is 11.8. The van der Waals surface area contributed by atoms with Gasteiger partial charge in [-0.1, -0.05) is 12.1 Å². The predicted molar refractivity (Wildman–Crippen MR) is 122 cm³/mol. The van der Waals surface area contributed by atoms with Gasteiger partial charge in [0.05, 0.1) is 19.3 Å². The van der Waals surface area contributed by atoms with Crippen LogP contribution >= 0.6 is 0 Å². The van der Waals surface area contributed by atoms with Crippen molar-refractivity contribution in [2.45, 2.75) is 89.1 Å². The van der Waals surface area contributed by atoms with Crippen molar-refractivity contribution in [3.05, 3.63) is 41.7 Å². The van der Waals surface area contributed by atoms with Crippen molar-refractivity contribution >= 4 is 5.91 Å². The van der Waals surface area contributed by atoms with Crippen LogP contribution in [0.3, 0.4) is 0 Å². The Morgan fingerprint density at radius 1 is 1.00 bits per heavy atom. The zero-order valence-corrected chi connectivity index (χ0v) is 19.2. The first-order valence-electron chi connectivity index (χ1n) is 12.3. The third kappa shape index (κ3) is 7.06. The molecule has 176 valence electrons. The fourth-order valence-electron chi connectivity index (χ4n) is 4.46. The normalized spacial score (nSPS) is 26.5. The van der Waals surface area contributed by atoms with E-state index in [-0.39, 0.29) is 24.3 Å². The summed E-state index contributed by atoms with van der Waals surface area (Å²) in [7, 11) is 0. The highest BCUT2D eigenvalue weighted by molar-refractivity contribution is 5.92. The molecule has 3 fully saturated rings. The van der Waals surface area contributed by atoms with E-state index in [1.165, 1.54) is 24.8 Å². The minimum atomic E-state index is -0.149. The van der Waals surface area contributed by atoms with Crippen molar-refractivity contribution < 1.29 is 23.7 Å². The third-order valence-electron chi connectivity index (χ3n) is 6.53. The van der Waals surface area contributed by atoms with Crippen LogP contribution in [0.25, 0.3) is 0 Å². The summed E-state index contributed by atoms with van der Waals surface area (Å²) in [5, 5.41) is 3.13. The molecule has 4 rings (SSSR count). The monoisotopic (exact) mass is 443 g/mol. The fourth-order valence-corrected chi connectivity index (χ4v) is 4.46. The Morgan fingerprint density at radius 2 is 1.75 bits per heavy atom. The molecule has 1 saturated heterocycles. The van der Waals surface area contributed by atoms with Crippen molar-refractivity contribution in [3.8, 4) is 5.75 Å². The first-order chi connectivity index (χ1) is 15.7. The van der Waals surface area contributed by atoms with Crippen molar-refractivity contribution in [3.63, 3.8) is 0 Å². The van der Waals surface area contributed by atoms with E-state index >= 15 is 0 Å². The summed E-state index contributed by atoms with van der Waals surface area (Å²) in [4.78, 5) is 12.7. The number of nitrogens with one attached hydrogen (secondary N) is 1. The van der Waals surface area contributed by atoms with Crippen LogP contribution in [0.1, 0.15) is 76.2 Å². The number of allylic oxidation sites excluding steroid dienone is 1. The number of ether oxygens (including phenoxy) is 4. The quantitative estimate of drug-likeness (QED) is 0.319. The van der Waals surface area contributed by atoms with Crippen LogP contribution in [0.15, 0.2) is 36.1 Å². The first kappa shape index (κ1) is 23.3. The summed E-state index contributed by atoms with van der Waals surface area (Å²) in [6, 6.07) is 8.28. The Hall–Kier alpha value is -1.89. The highest BCUT2D eigenvalue weighted by atomic mass is 16.7. The second-order valence-corrected chi connectivity index (χ2v) is 9.08. The summed E-state index contributed by atoms with van der Waals surface area (Å²) >= 11 is 0. The van der Waals surface area contributed by atoms with E-state index in [0.29, 0.717) is 30.6 Å². The Bertz CT molecular complexity index is 744. The number of carbonyl (C=O) groups excluding carboxylic acids is 1. The molecule has 0 radical (unpaired) electrons. The maximum Gasteiger partial charge on any atom is 0.286 e. The summed E-state index contributed by atoms with van der Waals surface area (Å²) < 4.78 is 23.1. The van der Waals surface area contributed by atoms with Crippen molar-refractivity contribution in [2.24, 2.45) is 0 Å². The number of benzene rings is 1. The van der Waals surface area contributed by atoms with Crippen LogP contribution in [-0.4, -0.2) is 44.2 Å². The van der Waals surface area contributed by atoms with Gasteiger partial charge >= 0.3 is 0 Å². The largest absolute Gasteiger partial charge is 0.452 e. The molecule has 1 unspecified atom stereocenters. The molecular weight excluding hydrogens is 406 g/mol. The standard InChI is InChI=1S/C26H37NO5/c1-2-24(32-23-12-8-20(9-13-23)19-6-7-19)26(28)27-21-10-14-22(15-11-21)29-17-18-31-25-5-3-4-16-30-25/h2,8-9,12-13,19,21-22,25H,3-7,10-11,14-18H2,1H3,(H,27,28)/b24-2+. The molecule has 1 amide bonds. The third-order valence-corrected chi connectivity index (χ3v) is 6.53. The van der Waals surface area contributed by atoms with Crippen molar-refractivity contribution in [1.29, 1.82) is 0 Å².